The monoisotopic (exact) mass is 809 g/mol. The molecule has 2 N–H and O–H groups in total. The normalized spacial score (nSPS) is 24.4. The molecule has 3 aromatic rings. The number of amides is 2. The Morgan fingerprint density at radius 3 is 2.30 bits per heavy atom. The largest absolute Gasteiger partial charge is 0.513 e. The lowest BCUT2D eigenvalue weighted by atomic mass is 9.78. The number of ether oxygens (including phenoxy) is 2. The third kappa shape index (κ3) is 8.50. The van der Waals surface area contributed by atoms with Gasteiger partial charge >= 0.3 is 12.4 Å². The second-order valence-electron chi connectivity index (χ2n) is 14.8. The van der Waals surface area contributed by atoms with Gasteiger partial charge in [0, 0.05) is 55.2 Å². The van der Waals surface area contributed by atoms with Crippen LogP contribution in [0.4, 0.5) is 26.3 Å². The quantitative estimate of drug-likeness (QED) is 0.155. The van der Waals surface area contributed by atoms with Crippen molar-refractivity contribution in [3.05, 3.63) is 88.1 Å². The Morgan fingerprint density at radius 2 is 1.68 bits per heavy atom. The molecule has 0 unspecified atom stereocenters. The highest BCUT2D eigenvalue weighted by molar-refractivity contribution is 7.10. The maximum absolute atomic E-state index is 15.0. The number of alkyl halides is 6. The first kappa shape index (κ1) is 41.3. The number of carbonyl (C=O) groups excluding carboxylic acids is 2. The van der Waals surface area contributed by atoms with Crippen molar-refractivity contribution in [2.45, 2.75) is 107 Å². The molecule has 304 valence electrons. The number of rotatable bonds is 10. The number of nitrogens with zero attached hydrogens (tertiary/aromatic N) is 3. The molecule has 2 amide bonds. The van der Waals surface area contributed by atoms with Crippen LogP contribution in [0.3, 0.4) is 0 Å². The number of aromatic nitrogens is 1. The van der Waals surface area contributed by atoms with Crippen LogP contribution >= 0.6 is 11.3 Å². The molecule has 0 bridgehead atoms. The number of benzene rings is 1. The van der Waals surface area contributed by atoms with E-state index in [2.05, 4.69) is 11.6 Å². The van der Waals surface area contributed by atoms with Crippen molar-refractivity contribution >= 4 is 23.2 Å². The van der Waals surface area contributed by atoms with Crippen molar-refractivity contribution in [1.82, 2.24) is 14.8 Å². The Hall–Kier alpha value is -4.31. The summed E-state index contributed by atoms with van der Waals surface area (Å²) in [6.45, 7) is 5.37. The number of carbonyl (C=O) groups is 2. The molecule has 1 aliphatic carbocycles. The van der Waals surface area contributed by atoms with Crippen LogP contribution in [0.15, 0.2) is 66.4 Å². The Morgan fingerprint density at radius 1 is 0.982 bits per heavy atom. The van der Waals surface area contributed by atoms with E-state index in [0.717, 1.165) is 34.7 Å². The summed E-state index contributed by atoms with van der Waals surface area (Å²) in [6, 6.07) is 8.53. The minimum Gasteiger partial charge on any atom is -0.513 e. The van der Waals surface area contributed by atoms with Crippen molar-refractivity contribution in [3.8, 4) is 11.5 Å². The molecule has 2 saturated heterocycles. The zero-order valence-electron chi connectivity index (χ0n) is 30.9. The van der Waals surface area contributed by atoms with Gasteiger partial charge in [-0.3, -0.25) is 14.6 Å². The fourth-order valence-corrected chi connectivity index (χ4v) is 9.02. The number of allylic oxidation sites excluding steroid dienone is 1. The number of piperidine rings is 2. The summed E-state index contributed by atoms with van der Waals surface area (Å²) < 4.78 is 96.1. The summed E-state index contributed by atoms with van der Waals surface area (Å²) in [5.41, 5.74) is -4.96. The topological polar surface area (TPSA) is 112 Å². The van der Waals surface area contributed by atoms with Crippen LogP contribution in [-0.4, -0.2) is 74.2 Å². The van der Waals surface area contributed by atoms with Crippen LogP contribution in [0.5, 0.6) is 11.5 Å². The number of hydrogen-bond donors (Lipinski definition) is 2. The smallest absolute Gasteiger partial charge is 0.425 e. The van der Waals surface area contributed by atoms with Gasteiger partial charge in [-0.05, 0) is 69.6 Å². The average Bonchev–Trinajstić information content (AvgIpc) is 3.65. The molecule has 3 aliphatic rings. The maximum atomic E-state index is 15.0. The summed E-state index contributed by atoms with van der Waals surface area (Å²) in [4.78, 5) is 34.5. The van der Waals surface area contributed by atoms with Gasteiger partial charge in [0.1, 0.15) is 22.1 Å². The van der Waals surface area contributed by atoms with E-state index >= 15 is 0 Å². The number of aliphatic hydroxyl groups excluding tert-OH is 1. The Labute approximate surface area is 324 Å². The third-order valence-electron chi connectivity index (χ3n) is 11.2. The van der Waals surface area contributed by atoms with Gasteiger partial charge in [-0.25, -0.2) is 0 Å². The Kier molecular flexibility index (Phi) is 12.0. The van der Waals surface area contributed by atoms with E-state index in [0.29, 0.717) is 54.8 Å². The van der Waals surface area contributed by atoms with E-state index in [-0.39, 0.29) is 75.3 Å². The fraction of sp³-hybridized carbons (Fsp3) is 0.525. The lowest BCUT2D eigenvalue weighted by molar-refractivity contribution is -0.163. The van der Waals surface area contributed by atoms with Crippen molar-refractivity contribution < 1.29 is 55.6 Å². The van der Waals surface area contributed by atoms with Gasteiger partial charge in [-0.2, -0.15) is 26.3 Å². The molecular formula is C40H45F6N3O6S. The maximum Gasteiger partial charge on any atom is 0.425 e. The molecule has 4 heterocycles. The number of hydrogen-bond acceptors (Lipinski definition) is 8. The summed E-state index contributed by atoms with van der Waals surface area (Å²) in [5, 5.41) is 23.0. The molecule has 1 saturated carbocycles. The van der Waals surface area contributed by atoms with Crippen molar-refractivity contribution in [3.63, 3.8) is 0 Å². The summed E-state index contributed by atoms with van der Waals surface area (Å²) in [5.74, 6) is -1.30. The molecule has 2 atom stereocenters. The van der Waals surface area contributed by atoms with E-state index in [4.69, 9.17) is 9.47 Å². The van der Waals surface area contributed by atoms with Crippen molar-refractivity contribution in [2.24, 2.45) is 5.92 Å². The van der Waals surface area contributed by atoms with Gasteiger partial charge in [0.05, 0.1) is 29.1 Å². The van der Waals surface area contributed by atoms with Gasteiger partial charge in [0.15, 0.2) is 0 Å². The van der Waals surface area contributed by atoms with E-state index in [1.165, 1.54) is 4.90 Å². The predicted molar refractivity (Wildman–Crippen MR) is 195 cm³/mol. The number of aliphatic hydroxyl groups is 2. The van der Waals surface area contributed by atoms with Crippen molar-refractivity contribution in [1.29, 1.82) is 0 Å². The fourth-order valence-electron chi connectivity index (χ4n) is 8.34. The second-order valence-corrected chi connectivity index (χ2v) is 15.8. The Balaban J connectivity index is 1.29. The van der Waals surface area contributed by atoms with E-state index < -0.39 is 57.5 Å². The number of pyridine rings is 1. The lowest BCUT2D eigenvalue weighted by Gasteiger charge is -2.51. The van der Waals surface area contributed by atoms with E-state index in [1.807, 2.05) is 0 Å². The minimum absolute atomic E-state index is 0.00118. The Bertz CT molecular complexity index is 1890. The number of halogens is 6. The van der Waals surface area contributed by atoms with Crippen LogP contribution < -0.4 is 9.47 Å². The lowest BCUT2D eigenvalue weighted by Crippen LogP contribution is -2.68. The van der Waals surface area contributed by atoms with E-state index in [9.17, 15) is 46.1 Å². The van der Waals surface area contributed by atoms with Gasteiger partial charge in [0.25, 0.3) is 11.8 Å². The van der Waals surface area contributed by atoms with Crippen LogP contribution in [0.25, 0.3) is 0 Å². The van der Waals surface area contributed by atoms with Crippen LogP contribution in [0, 0.1) is 5.92 Å². The number of thiophene rings is 1. The molecule has 0 spiro atoms. The molecule has 6 rings (SSSR count). The number of likely N-dealkylation sites (tertiary alicyclic amines) is 2. The summed E-state index contributed by atoms with van der Waals surface area (Å²) in [7, 11) is 0. The molecule has 9 nitrogen and oxygen atoms in total. The van der Waals surface area contributed by atoms with Crippen LogP contribution in [0.2, 0.25) is 0 Å². The number of para-hydroxylation sites is 1. The highest BCUT2D eigenvalue weighted by Gasteiger charge is 2.57. The van der Waals surface area contributed by atoms with Crippen molar-refractivity contribution in [2.75, 3.05) is 19.6 Å². The standard InChI is InChI=1S/C40H45F6N3O6S/c1-3-8-32-38(55-28-23-33(56-24-28)40(44,45)46,16-7-20-49(32)35(51)34-30(39(41,42)43)10-6-19-47-34)36(52)48-21-17-37(53,18-22-48)29-9-4-5-11-31(29)54-27-14-12-26(13-15-27)25(2)50/h4-6,9-11,19,23-24,26-27,32,50,53H,2-3,7-8,12-18,20-22H2,1H3/t26-,27-,32-,38+/m1/s1. The summed E-state index contributed by atoms with van der Waals surface area (Å²) >= 11 is 0.376. The predicted octanol–water partition coefficient (Wildman–Crippen LogP) is 8.92. The second kappa shape index (κ2) is 16.3. The van der Waals surface area contributed by atoms with Gasteiger partial charge in [-0.1, -0.05) is 38.1 Å². The third-order valence-corrected chi connectivity index (χ3v) is 12.2. The first-order valence-electron chi connectivity index (χ1n) is 18.8. The van der Waals surface area contributed by atoms with Gasteiger partial charge in [-0.15, -0.1) is 11.3 Å². The van der Waals surface area contributed by atoms with E-state index in [1.54, 1.807) is 31.2 Å². The zero-order chi connectivity index (χ0) is 40.5. The molecule has 2 aliphatic heterocycles. The average molecular weight is 810 g/mol. The molecule has 2 aromatic heterocycles. The molecule has 16 heteroatoms. The molecule has 0 radical (unpaired) electrons. The zero-order valence-corrected chi connectivity index (χ0v) is 31.7. The molecular weight excluding hydrogens is 765 g/mol. The van der Waals surface area contributed by atoms with Crippen LogP contribution in [-0.2, 0) is 22.7 Å². The SMILES string of the molecule is C=C(O)[C@H]1CC[C@H](Oc2ccccc2C2(O)CCN(C(=O)[C@]3(Oc4csc(C(F)(F)F)c4)CCCN(C(=O)c4ncccc4C(F)(F)F)[C@@H]3CCC)CC2)CC1. The molecule has 56 heavy (non-hydrogen) atoms. The molecule has 3 fully saturated rings. The van der Waals surface area contributed by atoms with Gasteiger partial charge < -0.3 is 29.5 Å². The first-order valence-corrected chi connectivity index (χ1v) is 19.7. The minimum atomic E-state index is -4.91. The molecule has 1 aromatic carbocycles. The first-order chi connectivity index (χ1) is 26.5. The summed E-state index contributed by atoms with van der Waals surface area (Å²) in [6.07, 6.45) is -5.26. The highest BCUT2D eigenvalue weighted by Crippen LogP contribution is 2.45. The van der Waals surface area contributed by atoms with Crippen LogP contribution in [0.1, 0.15) is 97.6 Å². The highest BCUT2D eigenvalue weighted by atomic mass is 32.1. The van der Waals surface area contributed by atoms with Gasteiger partial charge in [0.2, 0.25) is 5.60 Å².